The first-order chi connectivity index (χ1) is 12.6. The second-order valence-corrected chi connectivity index (χ2v) is 6.97. The fourth-order valence-corrected chi connectivity index (χ4v) is 3.74. The Bertz CT molecular complexity index is 660. The summed E-state index contributed by atoms with van der Waals surface area (Å²) < 4.78 is 11.0. The molecule has 2 N–H and O–H groups in total. The van der Waals surface area contributed by atoms with Crippen molar-refractivity contribution >= 4 is 11.9 Å². The van der Waals surface area contributed by atoms with Crippen LogP contribution in [0.2, 0.25) is 0 Å². The minimum atomic E-state index is -0.789. The van der Waals surface area contributed by atoms with Crippen LogP contribution in [0.5, 0.6) is 11.5 Å². The van der Waals surface area contributed by atoms with Crippen molar-refractivity contribution in [2.75, 3.05) is 33.4 Å². The molecule has 0 radical (unpaired) electrons. The molecule has 0 unspecified atom stereocenters. The number of rotatable bonds is 7. The molecule has 0 aromatic heterocycles. The van der Waals surface area contributed by atoms with Crippen molar-refractivity contribution in [2.45, 2.75) is 31.7 Å². The number of carbonyl (C=O) groups excluding carboxylic acids is 2. The van der Waals surface area contributed by atoms with Crippen LogP contribution in [0.15, 0.2) is 24.3 Å². The predicted octanol–water partition coefficient (Wildman–Crippen LogP) is 1.77. The summed E-state index contributed by atoms with van der Waals surface area (Å²) in [6.07, 6.45) is 2.36. The Labute approximate surface area is 154 Å². The Morgan fingerprint density at radius 3 is 2.58 bits per heavy atom. The van der Waals surface area contributed by atoms with Gasteiger partial charge in [0, 0.05) is 6.54 Å². The highest BCUT2D eigenvalue weighted by molar-refractivity contribution is 6.07. The van der Waals surface area contributed by atoms with Crippen molar-refractivity contribution in [3.63, 3.8) is 0 Å². The van der Waals surface area contributed by atoms with E-state index in [1.165, 1.54) is 4.90 Å². The maximum Gasteiger partial charge on any atom is 0.325 e. The van der Waals surface area contributed by atoms with E-state index in [4.69, 9.17) is 9.47 Å². The summed E-state index contributed by atoms with van der Waals surface area (Å²) in [5.74, 6) is 1.38. The summed E-state index contributed by atoms with van der Waals surface area (Å²) in [7, 11) is 1.59. The quantitative estimate of drug-likeness (QED) is 0.572. The lowest BCUT2D eigenvalue weighted by atomic mass is 9.79. The molecule has 0 bridgehead atoms. The fraction of sp³-hybridized carbons (Fsp3) is 0.579. The molecule has 0 aliphatic carbocycles. The normalized spacial score (nSPS) is 23.8. The number of methoxy groups -OCH3 is 1. The summed E-state index contributed by atoms with van der Waals surface area (Å²) in [6, 6.07) is 7.12. The lowest BCUT2D eigenvalue weighted by Crippen LogP contribution is -2.53. The minimum Gasteiger partial charge on any atom is -0.493 e. The van der Waals surface area contributed by atoms with Crippen LogP contribution in [0.3, 0.4) is 0 Å². The molecule has 0 saturated carbocycles. The monoisotopic (exact) mass is 361 g/mol. The van der Waals surface area contributed by atoms with Gasteiger partial charge in [-0.25, -0.2) is 4.79 Å². The van der Waals surface area contributed by atoms with Crippen molar-refractivity contribution < 1.29 is 19.1 Å². The first-order valence-electron chi connectivity index (χ1n) is 9.17. The number of imide groups is 1. The molecule has 3 amide bonds. The predicted molar refractivity (Wildman–Crippen MR) is 97.3 cm³/mol. The van der Waals surface area contributed by atoms with Gasteiger partial charge in [0.2, 0.25) is 0 Å². The Morgan fingerprint density at radius 1 is 1.19 bits per heavy atom. The van der Waals surface area contributed by atoms with Crippen molar-refractivity contribution in [3.8, 4) is 11.5 Å². The average Bonchev–Trinajstić information content (AvgIpc) is 2.90. The van der Waals surface area contributed by atoms with Crippen LogP contribution < -0.4 is 20.1 Å². The van der Waals surface area contributed by atoms with Gasteiger partial charge in [0.25, 0.3) is 5.91 Å². The molecule has 2 saturated heterocycles. The first-order valence-corrected chi connectivity index (χ1v) is 9.17. The second-order valence-electron chi connectivity index (χ2n) is 6.97. The van der Waals surface area contributed by atoms with Crippen molar-refractivity contribution in [2.24, 2.45) is 5.92 Å². The number of nitrogens with one attached hydrogen (secondary N) is 2. The molecule has 2 aliphatic rings. The smallest absolute Gasteiger partial charge is 0.325 e. The highest BCUT2D eigenvalue weighted by Gasteiger charge is 2.52. The molecule has 2 fully saturated rings. The Kier molecular flexibility index (Phi) is 5.66. The molecule has 7 heteroatoms. The lowest BCUT2D eigenvalue weighted by Gasteiger charge is -2.34. The van der Waals surface area contributed by atoms with E-state index < -0.39 is 5.54 Å². The van der Waals surface area contributed by atoms with Crippen LogP contribution in [0.4, 0.5) is 4.79 Å². The molecule has 1 atom stereocenters. The van der Waals surface area contributed by atoms with E-state index in [9.17, 15) is 9.59 Å². The van der Waals surface area contributed by atoms with Crippen LogP contribution in [0, 0.1) is 5.92 Å². The minimum absolute atomic E-state index is 0.119. The van der Waals surface area contributed by atoms with Gasteiger partial charge in [0.05, 0.1) is 13.7 Å². The summed E-state index contributed by atoms with van der Waals surface area (Å²) in [6.45, 7) is 4.38. The van der Waals surface area contributed by atoms with Gasteiger partial charge in [0.1, 0.15) is 5.54 Å². The zero-order chi connectivity index (χ0) is 18.6. The topological polar surface area (TPSA) is 79.9 Å². The van der Waals surface area contributed by atoms with Gasteiger partial charge in [-0.3, -0.25) is 9.69 Å². The molecule has 26 heavy (non-hydrogen) atoms. The number of urea groups is 1. The number of amides is 3. The molecule has 3 rings (SSSR count). The van der Waals surface area contributed by atoms with E-state index in [1.807, 2.05) is 31.2 Å². The van der Waals surface area contributed by atoms with Crippen LogP contribution >= 0.6 is 0 Å². The van der Waals surface area contributed by atoms with Gasteiger partial charge in [0.15, 0.2) is 11.5 Å². The molecule has 2 aliphatic heterocycles. The Hall–Kier alpha value is -2.28. The van der Waals surface area contributed by atoms with Crippen LogP contribution in [0.1, 0.15) is 26.2 Å². The van der Waals surface area contributed by atoms with E-state index in [2.05, 4.69) is 10.6 Å². The highest BCUT2D eigenvalue weighted by atomic mass is 16.5. The summed E-state index contributed by atoms with van der Waals surface area (Å²) in [5.41, 5.74) is -0.789. The van der Waals surface area contributed by atoms with Gasteiger partial charge in [-0.15, -0.1) is 0 Å². The third-order valence-electron chi connectivity index (χ3n) is 5.31. The molecule has 2 heterocycles. The number of para-hydroxylation sites is 2. The third kappa shape index (κ3) is 3.62. The van der Waals surface area contributed by atoms with E-state index >= 15 is 0 Å². The highest BCUT2D eigenvalue weighted by Crippen LogP contribution is 2.32. The van der Waals surface area contributed by atoms with Crippen LogP contribution in [-0.4, -0.2) is 55.7 Å². The van der Waals surface area contributed by atoms with Crippen molar-refractivity contribution in [3.05, 3.63) is 24.3 Å². The first kappa shape index (κ1) is 18.5. The third-order valence-corrected chi connectivity index (χ3v) is 5.31. The zero-order valence-corrected chi connectivity index (χ0v) is 15.4. The van der Waals surface area contributed by atoms with E-state index in [0.717, 1.165) is 25.9 Å². The molecule has 142 valence electrons. The maximum absolute atomic E-state index is 12.9. The molecular weight excluding hydrogens is 334 g/mol. The molecule has 7 nitrogen and oxygen atoms in total. The lowest BCUT2D eigenvalue weighted by molar-refractivity contribution is -0.133. The van der Waals surface area contributed by atoms with Gasteiger partial charge in [-0.05, 0) is 57.3 Å². The largest absolute Gasteiger partial charge is 0.493 e. The number of ether oxygens (including phenoxy) is 2. The molecule has 0 spiro atoms. The molecule has 1 aromatic carbocycles. The van der Waals surface area contributed by atoms with Gasteiger partial charge in [-0.1, -0.05) is 12.1 Å². The number of nitrogens with zero attached hydrogens (tertiary/aromatic N) is 1. The van der Waals surface area contributed by atoms with Crippen molar-refractivity contribution in [1.82, 2.24) is 15.5 Å². The zero-order valence-electron chi connectivity index (χ0n) is 15.4. The van der Waals surface area contributed by atoms with E-state index in [-0.39, 0.29) is 17.9 Å². The van der Waals surface area contributed by atoms with Crippen LogP contribution in [-0.2, 0) is 4.79 Å². The number of carbonyl (C=O) groups is 2. The summed E-state index contributed by atoms with van der Waals surface area (Å²) in [5, 5.41) is 6.22. The number of benzene rings is 1. The van der Waals surface area contributed by atoms with Gasteiger partial charge < -0.3 is 20.1 Å². The van der Waals surface area contributed by atoms with Gasteiger partial charge >= 0.3 is 6.03 Å². The number of hydrogen-bond donors (Lipinski definition) is 2. The standard InChI is InChI=1S/C19H27N3O4/c1-19(14-8-10-20-11-9-14)17(23)22(18(24)21-19)12-5-13-26-16-7-4-3-6-15(16)25-2/h3-4,6-7,14,20H,5,8-13H2,1-2H3,(H,21,24)/t19-/m0/s1. The SMILES string of the molecule is COc1ccccc1OCCCN1C(=O)N[C@@](C)(C2CCNCC2)C1=O. The number of piperidine rings is 1. The van der Waals surface area contributed by atoms with Crippen molar-refractivity contribution in [1.29, 1.82) is 0 Å². The summed E-state index contributed by atoms with van der Waals surface area (Å²) in [4.78, 5) is 26.5. The average molecular weight is 361 g/mol. The van der Waals surface area contributed by atoms with Crippen LogP contribution in [0.25, 0.3) is 0 Å². The van der Waals surface area contributed by atoms with E-state index in [1.54, 1.807) is 7.11 Å². The molecule has 1 aromatic rings. The molecular formula is C19H27N3O4. The van der Waals surface area contributed by atoms with Gasteiger partial charge in [-0.2, -0.15) is 0 Å². The maximum atomic E-state index is 12.9. The number of hydrogen-bond acceptors (Lipinski definition) is 5. The Balaban J connectivity index is 1.53. The fourth-order valence-electron chi connectivity index (χ4n) is 3.74. The second kappa shape index (κ2) is 7.95. The van der Waals surface area contributed by atoms with E-state index in [0.29, 0.717) is 31.1 Å². The Morgan fingerprint density at radius 2 is 1.88 bits per heavy atom. The summed E-state index contributed by atoms with van der Waals surface area (Å²) >= 11 is 0.